The molecule has 0 amide bonds. The van der Waals surface area contributed by atoms with E-state index in [4.69, 9.17) is 4.74 Å². The van der Waals surface area contributed by atoms with Gasteiger partial charge in [-0.2, -0.15) is 13.2 Å². The molecule has 1 N–H and O–H groups in total. The highest BCUT2D eigenvalue weighted by Gasteiger charge is 2.46. The van der Waals surface area contributed by atoms with Crippen molar-refractivity contribution in [2.24, 2.45) is 0 Å². The standard InChI is InChI=1S/C15H19F3O2/c1-2-7-14(10-13(19)15(16,17)18)8-9-20-12-6-4-3-5-11(12)14/h3-6,13,19H,2,7-10H2,1H3. The summed E-state index contributed by atoms with van der Waals surface area (Å²) in [5, 5.41) is 9.49. The Morgan fingerprint density at radius 2 is 2.05 bits per heavy atom. The molecule has 0 aliphatic carbocycles. The van der Waals surface area contributed by atoms with Crippen molar-refractivity contribution in [2.45, 2.75) is 50.3 Å². The topological polar surface area (TPSA) is 29.5 Å². The first-order valence-corrected chi connectivity index (χ1v) is 6.86. The van der Waals surface area contributed by atoms with E-state index in [2.05, 4.69) is 0 Å². The number of aliphatic hydroxyl groups is 1. The Hall–Kier alpha value is -1.23. The molecular formula is C15H19F3O2. The van der Waals surface area contributed by atoms with Crippen LogP contribution in [0, 0.1) is 0 Å². The molecule has 0 radical (unpaired) electrons. The van der Waals surface area contributed by atoms with Crippen molar-refractivity contribution in [1.82, 2.24) is 0 Å². The van der Waals surface area contributed by atoms with E-state index in [1.165, 1.54) is 0 Å². The summed E-state index contributed by atoms with van der Waals surface area (Å²) in [6.45, 7) is 2.33. The van der Waals surface area contributed by atoms with Gasteiger partial charge in [-0.15, -0.1) is 0 Å². The van der Waals surface area contributed by atoms with Crippen molar-refractivity contribution < 1.29 is 23.0 Å². The second kappa shape index (κ2) is 5.64. The predicted molar refractivity (Wildman–Crippen MR) is 69.8 cm³/mol. The first-order chi connectivity index (χ1) is 9.39. The van der Waals surface area contributed by atoms with Crippen LogP contribution in [0.5, 0.6) is 5.75 Å². The van der Waals surface area contributed by atoms with Crippen LogP contribution in [-0.4, -0.2) is 24.0 Å². The normalized spacial score (nSPS) is 23.9. The number of hydrogen-bond acceptors (Lipinski definition) is 2. The average Bonchev–Trinajstić information content (AvgIpc) is 2.38. The number of rotatable bonds is 4. The van der Waals surface area contributed by atoms with Crippen LogP contribution < -0.4 is 4.74 Å². The van der Waals surface area contributed by atoms with Crippen LogP contribution in [0.4, 0.5) is 13.2 Å². The first-order valence-electron chi connectivity index (χ1n) is 6.86. The Morgan fingerprint density at radius 3 is 2.70 bits per heavy atom. The number of alkyl halides is 3. The number of benzene rings is 1. The molecule has 2 nitrogen and oxygen atoms in total. The highest BCUT2D eigenvalue weighted by molar-refractivity contribution is 5.41. The lowest BCUT2D eigenvalue weighted by Crippen LogP contribution is -2.41. The molecule has 5 heteroatoms. The summed E-state index contributed by atoms with van der Waals surface area (Å²) in [7, 11) is 0. The fourth-order valence-electron chi connectivity index (χ4n) is 3.06. The van der Waals surface area contributed by atoms with E-state index in [1.807, 2.05) is 13.0 Å². The monoisotopic (exact) mass is 288 g/mol. The van der Waals surface area contributed by atoms with Crippen molar-refractivity contribution in [3.63, 3.8) is 0 Å². The third-order valence-electron chi connectivity index (χ3n) is 3.99. The molecule has 0 aromatic heterocycles. The van der Waals surface area contributed by atoms with Gasteiger partial charge in [0, 0.05) is 11.0 Å². The zero-order valence-corrected chi connectivity index (χ0v) is 11.4. The number of halogens is 3. The molecule has 0 bridgehead atoms. The molecule has 2 atom stereocenters. The van der Waals surface area contributed by atoms with Gasteiger partial charge < -0.3 is 9.84 Å². The van der Waals surface area contributed by atoms with Crippen molar-refractivity contribution in [3.05, 3.63) is 29.8 Å². The third kappa shape index (κ3) is 2.92. The zero-order chi connectivity index (χ0) is 14.8. The molecule has 1 aliphatic heterocycles. The predicted octanol–water partition coefficient (Wildman–Crippen LogP) is 3.82. The van der Waals surface area contributed by atoms with Gasteiger partial charge in [-0.1, -0.05) is 31.5 Å². The summed E-state index contributed by atoms with van der Waals surface area (Å²) in [5.74, 6) is 0.640. The highest BCUT2D eigenvalue weighted by atomic mass is 19.4. The molecule has 1 aromatic carbocycles. The number of para-hydroxylation sites is 1. The Kier molecular flexibility index (Phi) is 4.28. The summed E-state index contributed by atoms with van der Waals surface area (Å²) in [6.07, 6.45) is -5.29. The van der Waals surface area contributed by atoms with Crippen molar-refractivity contribution >= 4 is 0 Å². The number of fused-ring (bicyclic) bond motifs is 1. The molecule has 2 rings (SSSR count). The van der Waals surface area contributed by atoms with E-state index in [0.717, 1.165) is 12.0 Å². The second-order valence-electron chi connectivity index (χ2n) is 5.39. The molecule has 0 saturated heterocycles. The van der Waals surface area contributed by atoms with Crippen LogP contribution in [0.3, 0.4) is 0 Å². The molecule has 0 fully saturated rings. The second-order valence-corrected chi connectivity index (χ2v) is 5.39. The Bertz CT molecular complexity index is 459. The van der Waals surface area contributed by atoms with Crippen LogP contribution in [-0.2, 0) is 5.41 Å². The summed E-state index contributed by atoms with van der Waals surface area (Å²) in [6, 6.07) is 7.20. The lowest BCUT2D eigenvalue weighted by molar-refractivity contribution is -0.210. The minimum absolute atomic E-state index is 0.301. The van der Waals surface area contributed by atoms with Gasteiger partial charge in [0.15, 0.2) is 6.10 Å². The molecular weight excluding hydrogens is 269 g/mol. The van der Waals surface area contributed by atoms with Crippen molar-refractivity contribution in [3.8, 4) is 5.75 Å². The Balaban J connectivity index is 2.36. The molecule has 1 heterocycles. The SMILES string of the molecule is CCCC1(CC(O)C(F)(F)F)CCOc2ccccc21. The highest BCUT2D eigenvalue weighted by Crippen LogP contribution is 2.46. The fraction of sp³-hybridized carbons (Fsp3) is 0.600. The minimum atomic E-state index is -4.58. The number of hydrogen-bond donors (Lipinski definition) is 1. The zero-order valence-electron chi connectivity index (χ0n) is 11.4. The van der Waals surface area contributed by atoms with E-state index in [9.17, 15) is 18.3 Å². The van der Waals surface area contributed by atoms with Crippen LogP contribution >= 0.6 is 0 Å². The molecule has 112 valence electrons. The maximum atomic E-state index is 12.7. The smallest absolute Gasteiger partial charge is 0.414 e. The van der Waals surface area contributed by atoms with E-state index >= 15 is 0 Å². The maximum absolute atomic E-state index is 12.7. The summed E-state index contributed by atoms with van der Waals surface area (Å²) in [5.41, 5.74) is 0.134. The fourth-order valence-corrected chi connectivity index (χ4v) is 3.06. The number of aliphatic hydroxyl groups excluding tert-OH is 1. The largest absolute Gasteiger partial charge is 0.493 e. The maximum Gasteiger partial charge on any atom is 0.414 e. The Morgan fingerprint density at radius 1 is 1.35 bits per heavy atom. The minimum Gasteiger partial charge on any atom is -0.493 e. The molecule has 20 heavy (non-hydrogen) atoms. The van der Waals surface area contributed by atoms with Gasteiger partial charge in [-0.25, -0.2) is 0 Å². The average molecular weight is 288 g/mol. The van der Waals surface area contributed by atoms with E-state index < -0.39 is 17.7 Å². The quantitative estimate of drug-likeness (QED) is 0.912. The molecule has 2 unspecified atom stereocenters. The lowest BCUT2D eigenvalue weighted by atomic mass is 9.69. The van der Waals surface area contributed by atoms with E-state index in [1.54, 1.807) is 18.2 Å². The van der Waals surface area contributed by atoms with Crippen LogP contribution in [0.15, 0.2) is 24.3 Å². The lowest BCUT2D eigenvalue weighted by Gasteiger charge is -2.40. The summed E-state index contributed by atoms with van der Waals surface area (Å²) in [4.78, 5) is 0. The molecule has 0 saturated carbocycles. The molecule has 1 aromatic rings. The van der Waals surface area contributed by atoms with Gasteiger partial charge in [0.1, 0.15) is 5.75 Å². The molecule has 0 spiro atoms. The van der Waals surface area contributed by atoms with Gasteiger partial charge in [-0.3, -0.25) is 0 Å². The van der Waals surface area contributed by atoms with Crippen LogP contribution in [0.25, 0.3) is 0 Å². The van der Waals surface area contributed by atoms with Gasteiger partial charge in [0.2, 0.25) is 0 Å². The van der Waals surface area contributed by atoms with Crippen molar-refractivity contribution in [1.29, 1.82) is 0 Å². The van der Waals surface area contributed by atoms with Crippen LogP contribution in [0.1, 0.15) is 38.2 Å². The van der Waals surface area contributed by atoms with Crippen LogP contribution in [0.2, 0.25) is 0 Å². The summed E-state index contributed by atoms with van der Waals surface area (Å²) >= 11 is 0. The van der Waals surface area contributed by atoms with Gasteiger partial charge >= 0.3 is 6.18 Å². The first kappa shape index (κ1) is 15.2. The summed E-state index contributed by atoms with van der Waals surface area (Å²) < 4.78 is 43.7. The molecule has 1 aliphatic rings. The van der Waals surface area contributed by atoms with Gasteiger partial charge in [0.25, 0.3) is 0 Å². The Labute approximate surface area is 116 Å². The third-order valence-corrected chi connectivity index (χ3v) is 3.99. The number of ether oxygens (including phenoxy) is 1. The van der Waals surface area contributed by atoms with E-state index in [0.29, 0.717) is 25.2 Å². The van der Waals surface area contributed by atoms with Gasteiger partial charge in [0.05, 0.1) is 6.61 Å². The van der Waals surface area contributed by atoms with Crippen molar-refractivity contribution in [2.75, 3.05) is 6.61 Å². The van der Waals surface area contributed by atoms with E-state index in [-0.39, 0.29) is 6.42 Å². The van der Waals surface area contributed by atoms with Gasteiger partial charge in [-0.05, 0) is 25.3 Å².